The second-order valence-electron chi connectivity index (χ2n) is 16.6. The maximum Gasteiger partial charge on any atom is 0.311 e. The number of methoxy groups -OCH3 is 2. The predicted octanol–water partition coefficient (Wildman–Crippen LogP) is 1.62. The van der Waals surface area contributed by atoms with Crippen LogP contribution in [0.1, 0.15) is 94.9 Å². The Morgan fingerprint density at radius 2 is 1.43 bits per heavy atom. The first kappa shape index (κ1) is 47.8. The lowest BCUT2D eigenvalue weighted by atomic mass is 9.74. The zero-order valence-corrected chi connectivity index (χ0v) is 34.4. The molecule has 0 amide bonds. The highest BCUT2D eigenvalue weighted by Crippen LogP contribution is 2.41. The van der Waals surface area contributed by atoms with Crippen molar-refractivity contribution < 1.29 is 68.6 Å². The fourth-order valence-electron chi connectivity index (χ4n) is 8.58. The molecule has 0 unspecified atom stereocenters. The van der Waals surface area contributed by atoms with Crippen molar-refractivity contribution in [1.82, 2.24) is 4.90 Å². The number of carbonyl (C=O) groups is 2. The molecule has 6 N–H and O–H groups in total. The molecule has 3 heterocycles. The quantitative estimate of drug-likeness (QED) is 0.259. The molecule has 0 aromatic carbocycles. The van der Waals surface area contributed by atoms with Crippen LogP contribution in [0, 0.1) is 23.7 Å². The number of aliphatic hydroxyl groups excluding tert-OH is 3. The minimum Gasteiger partial charge on any atom is -0.459 e. The Bertz CT molecular complexity index is 1190. The molecular weight excluding hydrogens is 694 g/mol. The number of hydrogen-bond donors (Lipinski definition) is 4. The molecule has 0 aromatic rings. The Labute approximate surface area is 316 Å². The van der Waals surface area contributed by atoms with Gasteiger partial charge in [0.2, 0.25) is 0 Å². The fourth-order valence-corrected chi connectivity index (χ4v) is 8.58. The molecule has 0 bridgehead atoms. The summed E-state index contributed by atoms with van der Waals surface area (Å²) in [4.78, 5) is 30.1. The van der Waals surface area contributed by atoms with Gasteiger partial charge < -0.3 is 64.0 Å². The van der Waals surface area contributed by atoms with Gasteiger partial charge in [-0.25, -0.2) is 0 Å². The molecular formula is C38H71NO14. The van der Waals surface area contributed by atoms with Crippen molar-refractivity contribution in [3.63, 3.8) is 0 Å². The monoisotopic (exact) mass is 765 g/mol. The third kappa shape index (κ3) is 10.2. The number of nitrogens with zero attached hydrogens (tertiary/aromatic N) is 1. The maximum absolute atomic E-state index is 14.2. The van der Waals surface area contributed by atoms with Gasteiger partial charge in [-0.1, -0.05) is 27.7 Å². The molecule has 15 nitrogen and oxygen atoms in total. The summed E-state index contributed by atoms with van der Waals surface area (Å²) in [5.74, 6) is -4.47. The van der Waals surface area contributed by atoms with E-state index in [4.69, 9.17) is 33.2 Å². The molecule has 0 aliphatic carbocycles. The normalized spacial score (nSPS) is 48.1. The van der Waals surface area contributed by atoms with Gasteiger partial charge in [-0.15, -0.1) is 0 Å². The topological polar surface area (TPSA) is 214 Å². The van der Waals surface area contributed by atoms with E-state index in [-0.39, 0.29) is 42.7 Å². The van der Waals surface area contributed by atoms with Gasteiger partial charge >= 0.3 is 5.97 Å². The van der Waals surface area contributed by atoms with Crippen LogP contribution in [0.15, 0.2) is 0 Å². The van der Waals surface area contributed by atoms with E-state index in [1.165, 1.54) is 21.1 Å². The van der Waals surface area contributed by atoms with Crippen LogP contribution < -0.4 is 0 Å². The van der Waals surface area contributed by atoms with Crippen molar-refractivity contribution in [3.05, 3.63) is 0 Å². The van der Waals surface area contributed by atoms with Gasteiger partial charge in [-0.3, -0.25) is 9.59 Å². The van der Waals surface area contributed by atoms with E-state index in [0.29, 0.717) is 6.42 Å². The van der Waals surface area contributed by atoms with Crippen LogP contribution in [0.4, 0.5) is 0 Å². The van der Waals surface area contributed by atoms with Crippen molar-refractivity contribution in [3.8, 4) is 0 Å². The molecule has 0 aromatic heterocycles. The Kier molecular flexibility index (Phi) is 16.9. The zero-order valence-electron chi connectivity index (χ0n) is 34.4. The van der Waals surface area contributed by atoms with Crippen LogP contribution in [-0.4, -0.2) is 155 Å². The van der Waals surface area contributed by atoms with E-state index in [0.717, 1.165) is 0 Å². The molecule has 3 fully saturated rings. The van der Waals surface area contributed by atoms with Crippen molar-refractivity contribution in [2.24, 2.45) is 23.7 Å². The lowest BCUT2D eigenvalue weighted by molar-refractivity contribution is -0.319. The van der Waals surface area contributed by atoms with Gasteiger partial charge in [-0.2, -0.15) is 0 Å². The number of carbonyl (C=O) groups excluding carboxylic acids is 2. The molecule has 3 aliphatic heterocycles. The van der Waals surface area contributed by atoms with E-state index in [1.54, 1.807) is 48.5 Å². The van der Waals surface area contributed by atoms with Crippen LogP contribution in [0.25, 0.3) is 0 Å². The molecule has 0 radical (unpaired) electrons. The molecule has 0 saturated carbocycles. The Balaban J connectivity index is 0.00000972. The number of likely N-dealkylation sites (N-methyl/N-ethyl adjacent to an activating group) is 1. The van der Waals surface area contributed by atoms with Crippen LogP contribution in [0.3, 0.4) is 0 Å². The van der Waals surface area contributed by atoms with Crippen LogP contribution in [-0.2, 0) is 42.7 Å². The number of hydrogen-bond acceptors (Lipinski definition) is 14. The molecule has 3 aliphatic rings. The number of aliphatic hydroxyl groups is 4. The molecule has 15 heteroatoms. The largest absolute Gasteiger partial charge is 0.459 e. The first-order valence-corrected chi connectivity index (χ1v) is 18.9. The second-order valence-corrected chi connectivity index (χ2v) is 16.6. The standard InChI is InChI=1S/C38H69NO13.H2O/c1-15-26-38(10,45)31(42)21(4)28(40)19(2)17-37(9,47-14)33(52-35-29(41)25(39(11)12)16-20(3)48-35)22(5)30(23(6)34(44)50-26)51-27-18-36(8,46-13)32(43)24(7)49-27;/h19-27,29-33,35,41-43,45H,15-18H2,1-14H3;1H2/t19-,20-,21+,22+,23-,24+,25+,26+,27+,29-,30+,31-,32+,33-,35+,36-,37-,38-;/m1./s1. The number of cyclic esters (lactones) is 1. The smallest absolute Gasteiger partial charge is 0.311 e. The summed E-state index contributed by atoms with van der Waals surface area (Å²) in [7, 11) is 6.77. The average Bonchev–Trinajstić information content (AvgIpc) is 3.09. The molecule has 3 saturated heterocycles. The van der Waals surface area contributed by atoms with Crippen molar-refractivity contribution >= 4 is 11.8 Å². The second kappa shape index (κ2) is 18.7. The SMILES string of the molecule is CC[C@@H]1OC(=O)[C@H](C)[C@@H](O[C@H]2C[C@@](C)(OC)[C@@H](O)[C@H](C)O2)[C@H](C)[C@@H](O[C@@H]2O[C@H](C)C[C@H](N(C)C)[C@H]2O)[C@](C)(OC)C[C@@H](C)C(=O)[C@H](C)[C@@H](O)[C@]1(C)O.O. The Morgan fingerprint density at radius 3 is 1.96 bits per heavy atom. The summed E-state index contributed by atoms with van der Waals surface area (Å²) in [6.07, 6.45) is -8.73. The molecule has 0 spiro atoms. The maximum atomic E-state index is 14.2. The average molecular weight is 766 g/mol. The van der Waals surface area contributed by atoms with Crippen LogP contribution in [0.5, 0.6) is 0 Å². The van der Waals surface area contributed by atoms with E-state index in [2.05, 4.69) is 0 Å². The van der Waals surface area contributed by atoms with E-state index >= 15 is 0 Å². The number of esters is 1. The van der Waals surface area contributed by atoms with Gasteiger partial charge in [-0.05, 0) is 74.9 Å². The lowest BCUT2D eigenvalue weighted by Crippen LogP contribution is -2.61. The molecule has 3 rings (SSSR count). The van der Waals surface area contributed by atoms with Crippen molar-refractivity contribution in [2.75, 3.05) is 28.3 Å². The van der Waals surface area contributed by atoms with E-state index in [1.807, 2.05) is 32.8 Å². The van der Waals surface area contributed by atoms with Crippen molar-refractivity contribution in [1.29, 1.82) is 0 Å². The molecule has 53 heavy (non-hydrogen) atoms. The van der Waals surface area contributed by atoms with Gasteiger partial charge in [0.25, 0.3) is 0 Å². The highest BCUT2D eigenvalue weighted by molar-refractivity contribution is 5.83. The summed E-state index contributed by atoms with van der Waals surface area (Å²) in [6.45, 7) is 17.1. The number of ether oxygens (including phenoxy) is 7. The van der Waals surface area contributed by atoms with Gasteiger partial charge in [0.1, 0.15) is 29.7 Å². The van der Waals surface area contributed by atoms with Gasteiger partial charge in [0, 0.05) is 44.4 Å². The summed E-state index contributed by atoms with van der Waals surface area (Å²) in [6, 6.07) is -0.283. The number of Topliss-reactive ketones (excluding diaryl/α,β-unsaturated/α-hetero) is 1. The van der Waals surface area contributed by atoms with E-state index in [9.17, 15) is 30.0 Å². The van der Waals surface area contributed by atoms with Crippen molar-refractivity contribution in [2.45, 2.75) is 179 Å². The summed E-state index contributed by atoms with van der Waals surface area (Å²) in [5.41, 5.74) is -4.24. The highest BCUT2D eigenvalue weighted by atomic mass is 16.7. The molecule has 18 atom stereocenters. The number of rotatable bonds is 8. The Hall–Kier alpha value is -1.34. The van der Waals surface area contributed by atoms with Crippen LogP contribution >= 0.6 is 0 Å². The molecule has 312 valence electrons. The Morgan fingerprint density at radius 1 is 0.849 bits per heavy atom. The van der Waals surface area contributed by atoms with Crippen LogP contribution in [0.2, 0.25) is 0 Å². The zero-order chi connectivity index (χ0) is 39.7. The van der Waals surface area contributed by atoms with E-state index < -0.39 is 102 Å². The first-order chi connectivity index (χ1) is 24.0. The van der Waals surface area contributed by atoms with Gasteiger partial charge in [0.05, 0.1) is 47.6 Å². The van der Waals surface area contributed by atoms with Gasteiger partial charge in [0.15, 0.2) is 12.6 Å². The third-order valence-electron chi connectivity index (χ3n) is 12.3. The lowest BCUT2D eigenvalue weighted by Gasteiger charge is -2.50. The fraction of sp³-hybridized carbons (Fsp3) is 0.947. The minimum absolute atomic E-state index is 0. The summed E-state index contributed by atoms with van der Waals surface area (Å²) in [5, 5.41) is 45.6. The predicted molar refractivity (Wildman–Crippen MR) is 195 cm³/mol. The summed E-state index contributed by atoms with van der Waals surface area (Å²) < 4.78 is 43.9. The number of ketones is 1. The minimum atomic E-state index is -1.96. The highest BCUT2D eigenvalue weighted by Gasteiger charge is 2.54. The first-order valence-electron chi connectivity index (χ1n) is 18.9. The third-order valence-corrected chi connectivity index (χ3v) is 12.3. The summed E-state index contributed by atoms with van der Waals surface area (Å²) >= 11 is 0.